The number of nitrogens with one attached hydrogen (secondary N) is 2. The molecule has 0 bridgehead atoms. The molecule has 0 heterocycles. The third-order valence-corrected chi connectivity index (χ3v) is 6.93. The maximum atomic E-state index is 12.7. The summed E-state index contributed by atoms with van der Waals surface area (Å²) in [5, 5.41) is 14.9. The van der Waals surface area contributed by atoms with Crippen molar-refractivity contribution in [2.45, 2.75) is 43.7 Å². The number of likely N-dealkylation sites (N-methyl/N-ethyl adjacent to an activating group) is 1. The normalized spacial score (nSPS) is 19.6. The molecule has 2 aliphatic rings. The lowest BCUT2D eigenvalue weighted by Gasteiger charge is -2.23. The van der Waals surface area contributed by atoms with Crippen LogP contribution in [-0.4, -0.2) is 67.3 Å². The van der Waals surface area contributed by atoms with Gasteiger partial charge < -0.3 is 25.4 Å². The molecular weight excluding hydrogens is 446 g/mol. The summed E-state index contributed by atoms with van der Waals surface area (Å²) in [6, 6.07) is 15.2. The van der Waals surface area contributed by atoms with E-state index in [1.54, 1.807) is 19.0 Å². The standard InChI is InChI=1S/C27H33N3O5/c1-30(2)15-24(26(32)33)28-25(31)14-17-8-7-13-23(17)29-27(34)35-16-22-20-11-5-3-9-18(20)19-10-4-6-12-21(19)22/h3-6,9-12,17,22-24H,7-8,13-16H2,1-2H3,(H,28,31)(H,29,34)(H,32,33)/t17-,23+,24?/m0/s1. The number of carboxylic acid groups (broad SMARTS) is 1. The predicted molar refractivity (Wildman–Crippen MR) is 132 cm³/mol. The Bertz CT molecular complexity index is 1040. The van der Waals surface area contributed by atoms with E-state index in [2.05, 4.69) is 34.9 Å². The first kappa shape index (κ1) is 24.7. The molecule has 2 aromatic rings. The molecule has 2 aliphatic carbocycles. The summed E-state index contributed by atoms with van der Waals surface area (Å²) >= 11 is 0. The Hall–Kier alpha value is -3.39. The number of nitrogens with zero attached hydrogens (tertiary/aromatic N) is 1. The molecule has 0 saturated heterocycles. The number of fused-ring (bicyclic) bond motifs is 3. The van der Waals surface area contributed by atoms with Gasteiger partial charge in [0.2, 0.25) is 5.91 Å². The molecular formula is C27H33N3O5. The summed E-state index contributed by atoms with van der Waals surface area (Å²) in [7, 11) is 3.51. The van der Waals surface area contributed by atoms with Crippen molar-refractivity contribution in [2.75, 3.05) is 27.2 Å². The van der Waals surface area contributed by atoms with Gasteiger partial charge in [0, 0.05) is 24.9 Å². The first-order valence-electron chi connectivity index (χ1n) is 12.1. The highest BCUT2D eigenvalue weighted by molar-refractivity contribution is 5.84. The molecule has 3 N–H and O–H groups in total. The highest BCUT2D eigenvalue weighted by atomic mass is 16.5. The summed E-state index contributed by atoms with van der Waals surface area (Å²) in [6.07, 6.45) is 2.15. The first-order chi connectivity index (χ1) is 16.8. The fraction of sp³-hybridized carbons (Fsp3) is 0.444. The molecule has 8 nitrogen and oxygen atoms in total. The van der Waals surface area contributed by atoms with Gasteiger partial charge in [0.1, 0.15) is 12.6 Å². The van der Waals surface area contributed by atoms with E-state index in [9.17, 15) is 19.5 Å². The van der Waals surface area contributed by atoms with E-state index in [1.165, 1.54) is 11.1 Å². The van der Waals surface area contributed by atoms with Gasteiger partial charge in [-0.15, -0.1) is 0 Å². The number of benzene rings is 2. The van der Waals surface area contributed by atoms with Crippen LogP contribution in [0.1, 0.15) is 42.7 Å². The Morgan fingerprint density at radius 1 is 1.03 bits per heavy atom. The predicted octanol–water partition coefficient (Wildman–Crippen LogP) is 3.21. The number of rotatable bonds is 9. The van der Waals surface area contributed by atoms with Crippen molar-refractivity contribution >= 4 is 18.0 Å². The number of ether oxygens (including phenoxy) is 1. The van der Waals surface area contributed by atoms with E-state index in [0.717, 1.165) is 30.4 Å². The molecule has 4 rings (SSSR count). The lowest BCUT2D eigenvalue weighted by molar-refractivity contribution is -0.142. The molecule has 0 aromatic heterocycles. The zero-order valence-electron chi connectivity index (χ0n) is 20.2. The topological polar surface area (TPSA) is 108 Å². The lowest BCUT2D eigenvalue weighted by Crippen LogP contribution is -2.48. The molecule has 2 aromatic carbocycles. The minimum atomic E-state index is -1.06. The second-order valence-corrected chi connectivity index (χ2v) is 9.69. The summed E-state index contributed by atoms with van der Waals surface area (Å²) in [6.45, 7) is 0.454. The fourth-order valence-electron chi connectivity index (χ4n) is 5.30. The van der Waals surface area contributed by atoms with E-state index in [4.69, 9.17) is 4.74 Å². The molecule has 2 amide bonds. The summed E-state index contributed by atoms with van der Waals surface area (Å²) in [5.74, 6) is -1.44. The van der Waals surface area contributed by atoms with E-state index in [0.29, 0.717) is 0 Å². The van der Waals surface area contributed by atoms with Crippen LogP contribution in [-0.2, 0) is 14.3 Å². The van der Waals surface area contributed by atoms with Gasteiger partial charge in [-0.25, -0.2) is 9.59 Å². The van der Waals surface area contributed by atoms with Crippen LogP contribution in [0.25, 0.3) is 11.1 Å². The number of hydrogen-bond acceptors (Lipinski definition) is 5. The van der Waals surface area contributed by atoms with Crippen LogP contribution in [0.5, 0.6) is 0 Å². The molecule has 3 atom stereocenters. The molecule has 8 heteroatoms. The molecule has 35 heavy (non-hydrogen) atoms. The third-order valence-electron chi connectivity index (χ3n) is 6.93. The number of carbonyl (C=O) groups excluding carboxylic acids is 2. The van der Waals surface area contributed by atoms with Crippen LogP contribution >= 0.6 is 0 Å². The molecule has 0 spiro atoms. The highest BCUT2D eigenvalue weighted by Crippen LogP contribution is 2.44. The van der Waals surface area contributed by atoms with Gasteiger partial charge in [0.25, 0.3) is 0 Å². The second kappa shape index (κ2) is 10.9. The minimum Gasteiger partial charge on any atom is -0.480 e. The molecule has 0 aliphatic heterocycles. The maximum Gasteiger partial charge on any atom is 0.407 e. The molecule has 1 fully saturated rings. The van der Waals surface area contributed by atoms with Crippen LogP contribution in [0.4, 0.5) is 4.79 Å². The Morgan fingerprint density at radius 2 is 1.66 bits per heavy atom. The van der Waals surface area contributed by atoms with Crippen LogP contribution in [0.15, 0.2) is 48.5 Å². The van der Waals surface area contributed by atoms with Crippen LogP contribution in [0.3, 0.4) is 0 Å². The van der Waals surface area contributed by atoms with Crippen molar-refractivity contribution in [1.82, 2.24) is 15.5 Å². The number of carbonyl (C=O) groups is 3. The van der Waals surface area contributed by atoms with Crippen LogP contribution in [0.2, 0.25) is 0 Å². The highest BCUT2D eigenvalue weighted by Gasteiger charge is 2.33. The van der Waals surface area contributed by atoms with Crippen molar-refractivity contribution in [3.8, 4) is 11.1 Å². The Labute approximate surface area is 205 Å². The van der Waals surface area contributed by atoms with Gasteiger partial charge >= 0.3 is 12.1 Å². The number of aliphatic carboxylic acids is 1. The summed E-state index contributed by atoms with van der Waals surface area (Å²) in [5.41, 5.74) is 4.66. The zero-order chi connectivity index (χ0) is 24.9. The van der Waals surface area contributed by atoms with E-state index in [1.807, 2.05) is 24.3 Å². The van der Waals surface area contributed by atoms with Gasteiger partial charge in [-0.2, -0.15) is 0 Å². The lowest BCUT2D eigenvalue weighted by atomic mass is 9.98. The zero-order valence-corrected chi connectivity index (χ0v) is 20.2. The van der Waals surface area contributed by atoms with Crippen molar-refractivity contribution in [3.63, 3.8) is 0 Å². The van der Waals surface area contributed by atoms with Gasteiger partial charge in [0.05, 0.1) is 0 Å². The number of alkyl carbamates (subject to hydrolysis) is 1. The number of carboxylic acids is 1. The van der Waals surface area contributed by atoms with Crippen molar-refractivity contribution < 1.29 is 24.2 Å². The molecule has 1 unspecified atom stereocenters. The summed E-state index contributed by atoms with van der Waals surface area (Å²) < 4.78 is 5.66. The maximum absolute atomic E-state index is 12.7. The molecule has 186 valence electrons. The monoisotopic (exact) mass is 479 g/mol. The van der Waals surface area contributed by atoms with Gasteiger partial charge in [-0.1, -0.05) is 55.0 Å². The molecule has 1 saturated carbocycles. The van der Waals surface area contributed by atoms with Crippen molar-refractivity contribution in [3.05, 3.63) is 59.7 Å². The SMILES string of the molecule is CN(C)CC(NC(=O)C[C@@H]1CCC[C@H]1NC(=O)OCC1c2ccccc2-c2ccccc21)C(=O)O. The van der Waals surface area contributed by atoms with Crippen molar-refractivity contribution in [1.29, 1.82) is 0 Å². The third kappa shape index (κ3) is 5.82. The average molecular weight is 480 g/mol. The van der Waals surface area contributed by atoms with Crippen molar-refractivity contribution in [2.24, 2.45) is 5.92 Å². The fourth-order valence-corrected chi connectivity index (χ4v) is 5.30. The summed E-state index contributed by atoms with van der Waals surface area (Å²) in [4.78, 5) is 38.4. The van der Waals surface area contributed by atoms with Gasteiger partial charge in [0.15, 0.2) is 0 Å². The average Bonchev–Trinajstić information content (AvgIpc) is 3.38. The molecule has 0 radical (unpaired) electrons. The van der Waals surface area contributed by atoms with Crippen LogP contribution in [0, 0.1) is 5.92 Å². The van der Waals surface area contributed by atoms with Gasteiger partial charge in [-0.3, -0.25) is 4.79 Å². The largest absolute Gasteiger partial charge is 0.480 e. The Balaban J connectivity index is 1.31. The van der Waals surface area contributed by atoms with Crippen LogP contribution < -0.4 is 10.6 Å². The van der Waals surface area contributed by atoms with Gasteiger partial charge in [-0.05, 0) is 55.1 Å². The minimum absolute atomic E-state index is 0.0112. The Kier molecular flexibility index (Phi) is 7.70. The first-order valence-corrected chi connectivity index (χ1v) is 12.1. The number of hydrogen-bond donors (Lipinski definition) is 3. The van der Waals surface area contributed by atoms with E-state index < -0.39 is 18.1 Å². The van der Waals surface area contributed by atoms with E-state index >= 15 is 0 Å². The Morgan fingerprint density at radius 3 is 2.26 bits per heavy atom. The quantitative estimate of drug-likeness (QED) is 0.510. The van der Waals surface area contributed by atoms with E-state index in [-0.39, 0.29) is 43.4 Å². The second-order valence-electron chi connectivity index (χ2n) is 9.69. The number of amides is 2. The smallest absolute Gasteiger partial charge is 0.407 e.